The van der Waals surface area contributed by atoms with Crippen molar-refractivity contribution in [1.82, 2.24) is 4.90 Å². The molecular formula is C27H25ClN2O5. The van der Waals surface area contributed by atoms with Crippen LogP contribution in [0.25, 0.3) is 0 Å². The lowest BCUT2D eigenvalue weighted by atomic mass is 10.1. The molecule has 0 saturated carbocycles. The van der Waals surface area contributed by atoms with Gasteiger partial charge in [0.05, 0.1) is 26.3 Å². The molecule has 0 unspecified atom stereocenters. The Morgan fingerprint density at radius 1 is 0.914 bits per heavy atom. The number of hydrogen-bond donors (Lipinski definition) is 0. The normalized spacial score (nSPS) is 15.3. The Kier molecular flexibility index (Phi) is 7.36. The van der Waals surface area contributed by atoms with E-state index >= 15 is 0 Å². The highest BCUT2D eigenvalue weighted by Gasteiger charge is 2.44. The number of amides is 3. The number of carbonyl (C=O) groups excluding carboxylic acids is 3. The summed E-state index contributed by atoms with van der Waals surface area (Å²) in [5.41, 5.74) is 1.81. The summed E-state index contributed by atoms with van der Waals surface area (Å²) in [6, 6.07) is 19.8. The van der Waals surface area contributed by atoms with E-state index in [-0.39, 0.29) is 24.8 Å². The predicted molar refractivity (Wildman–Crippen MR) is 133 cm³/mol. The molecule has 0 bridgehead atoms. The highest BCUT2D eigenvalue weighted by molar-refractivity contribution is 6.30. The molecule has 0 aromatic heterocycles. The molecule has 3 amide bonds. The van der Waals surface area contributed by atoms with Crippen molar-refractivity contribution in [2.45, 2.75) is 18.9 Å². The molecule has 1 fully saturated rings. The van der Waals surface area contributed by atoms with Crippen LogP contribution in [0.4, 0.5) is 5.69 Å². The summed E-state index contributed by atoms with van der Waals surface area (Å²) in [4.78, 5) is 42.5. The summed E-state index contributed by atoms with van der Waals surface area (Å²) in [5, 5.41) is 0.504. The average molecular weight is 493 g/mol. The lowest BCUT2D eigenvalue weighted by Crippen LogP contribution is -2.46. The van der Waals surface area contributed by atoms with Crippen LogP contribution in [0.15, 0.2) is 72.8 Å². The van der Waals surface area contributed by atoms with Crippen molar-refractivity contribution >= 4 is 35.0 Å². The van der Waals surface area contributed by atoms with Gasteiger partial charge in [0.2, 0.25) is 5.91 Å². The van der Waals surface area contributed by atoms with Gasteiger partial charge in [0.1, 0.15) is 17.5 Å². The molecule has 0 aliphatic carbocycles. The summed E-state index contributed by atoms with van der Waals surface area (Å²) < 4.78 is 10.4. The molecule has 1 saturated heterocycles. The molecule has 3 aromatic carbocycles. The molecular weight excluding hydrogens is 468 g/mol. The van der Waals surface area contributed by atoms with E-state index in [2.05, 4.69) is 0 Å². The number of hydrogen-bond acceptors (Lipinski definition) is 5. The molecule has 1 aliphatic heterocycles. The number of anilines is 1. The number of rotatable bonds is 8. The lowest BCUT2D eigenvalue weighted by Gasteiger charge is -2.28. The fourth-order valence-corrected chi connectivity index (χ4v) is 4.19. The Hall–Kier alpha value is -3.84. The molecule has 0 N–H and O–H groups in total. The van der Waals surface area contributed by atoms with Crippen LogP contribution < -0.4 is 14.4 Å². The molecule has 7 nitrogen and oxygen atoms in total. The van der Waals surface area contributed by atoms with Gasteiger partial charge in [0.15, 0.2) is 0 Å². The minimum Gasteiger partial charge on any atom is -0.497 e. The number of ether oxygens (including phenoxy) is 2. The second-order valence-electron chi connectivity index (χ2n) is 8.09. The van der Waals surface area contributed by atoms with Crippen LogP contribution in [-0.2, 0) is 16.0 Å². The fraction of sp³-hybridized carbons (Fsp3) is 0.222. The Bertz CT molecular complexity index is 1210. The Balaban J connectivity index is 1.61. The SMILES string of the molecule is COc1ccc(CCN(C(=O)c2ccc(Cl)cc2)[C@@H]2CC(=O)N(c3ccc(OC)cc3)C2=O)cc1. The number of methoxy groups -OCH3 is 2. The van der Waals surface area contributed by atoms with Gasteiger partial charge in [-0.2, -0.15) is 0 Å². The van der Waals surface area contributed by atoms with Crippen LogP contribution in [0.5, 0.6) is 11.5 Å². The van der Waals surface area contributed by atoms with Crippen molar-refractivity contribution in [1.29, 1.82) is 0 Å². The first-order valence-electron chi connectivity index (χ1n) is 11.1. The average Bonchev–Trinajstić information content (AvgIpc) is 3.18. The van der Waals surface area contributed by atoms with E-state index in [1.807, 2.05) is 24.3 Å². The largest absolute Gasteiger partial charge is 0.497 e. The highest BCUT2D eigenvalue weighted by Crippen LogP contribution is 2.28. The van der Waals surface area contributed by atoms with Crippen LogP contribution in [0.1, 0.15) is 22.3 Å². The highest BCUT2D eigenvalue weighted by atomic mass is 35.5. The van der Waals surface area contributed by atoms with Crippen molar-refractivity contribution < 1.29 is 23.9 Å². The van der Waals surface area contributed by atoms with Crippen molar-refractivity contribution in [2.24, 2.45) is 0 Å². The molecule has 8 heteroatoms. The van der Waals surface area contributed by atoms with Crippen molar-refractivity contribution in [3.63, 3.8) is 0 Å². The van der Waals surface area contributed by atoms with Gasteiger partial charge in [0.25, 0.3) is 11.8 Å². The van der Waals surface area contributed by atoms with Crippen LogP contribution >= 0.6 is 11.6 Å². The summed E-state index contributed by atoms with van der Waals surface area (Å²) in [6.45, 7) is 0.258. The minimum atomic E-state index is -0.911. The molecule has 1 heterocycles. The molecule has 0 radical (unpaired) electrons. The van der Waals surface area contributed by atoms with Crippen LogP contribution in [0, 0.1) is 0 Å². The van der Waals surface area contributed by atoms with Crippen LogP contribution in [0.3, 0.4) is 0 Å². The molecule has 1 aliphatic rings. The van der Waals surface area contributed by atoms with Gasteiger partial charge in [-0.3, -0.25) is 14.4 Å². The van der Waals surface area contributed by atoms with E-state index in [9.17, 15) is 14.4 Å². The number of carbonyl (C=O) groups is 3. The van der Waals surface area contributed by atoms with E-state index in [1.165, 1.54) is 4.90 Å². The molecule has 0 spiro atoms. The fourth-order valence-electron chi connectivity index (χ4n) is 4.06. The van der Waals surface area contributed by atoms with Gasteiger partial charge in [-0.25, -0.2) is 4.90 Å². The van der Waals surface area contributed by atoms with Gasteiger partial charge in [0, 0.05) is 17.1 Å². The lowest BCUT2D eigenvalue weighted by molar-refractivity contribution is -0.122. The van der Waals surface area contributed by atoms with Crippen LogP contribution in [-0.4, -0.2) is 49.4 Å². The van der Waals surface area contributed by atoms with Gasteiger partial charge < -0.3 is 14.4 Å². The van der Waals surface area contributed by atoms with E-state index < -0.39 is 11.9 Å². The first-order valence-corrected chi connectivity index (χ1v) is 11.5. The maximum absolute atomic E-state index is 13.5. The Morgan fingerprint density at radius 2 is 1.49 bits per heavy atom. The van der Waals surface area contributed by atoms with Gasteiger partial charge in [-0.05, 0) is 72.6 Å². The first-order chi connectivity index (χ1) is 16.9. The van der Waals surface area contributed by atoms with Gasteiger partial charge >= 0.3 is 0 Å². The quantitative estimate of drug-likeness (QED) is 0.436. The number of imide groups is 1. The van der Waals surface area contributed by atoms with Gasteiger partial charge in [-0.1, -0.05) is 23.7 Å². The summed E-state index contributed by atoms with van der Waals surface area (Å²) >= 11 is 5.99. The van der Waals surface area contributed by atoms with Gasteiger partial charge in [-0.15, -0.1) is 0 Å². The number of halogens is 1. The van der Waals surface area contributed by atoms with Crippen molar-refractivity contribution in [3.8, 4) is 11.5 Å². The molecule has 1 atom stereocenters. The molecule has 180 valence electrons. The van der Waals surface area contributed by atoms with Crippen molar-refractivity contribution in [3.05, 3.63) is 88.9 Å². The molecule has 3 aromatic rings. The van der Waals surface area contributed by atoms with E-state index in [4.69, 9.17) is 21.1 Å². The van der Waals surface area contributed by atoms with Crippen molar-refractivity contribution in [2.75, 3.05) is 25.7 Å². The smallest absolute Gasteiger partial charge is 0.257 e. The standard InChI is InChI=1S/C27H25ClN2O5/c1-34-22-11-3-18(4-12-22)15-16-29(26(32)19-5-7-20(28)8-6-19)24-17-25(31)30(27(24)33)21-9-13-23(35-2)14-10-21/h3-14,24H,15-17H2,1-2H3/t24-/m1/s1. The second kappa shape index (κ2) is 10.6. The van der Waals surface area contributed by atoms with Crippen LogP contribution in [0.2, 0.25) is 5.02 Å². The maximum atomic E-state index is 13.5. The summed E-state index contributed by atoms with van der Waals surface area (Å²) in [5.74, 6) is 0.219. The second-order valence-corrected chi connectivity index (χ2v) is 8.53. The monoisotopic (exact) mass is 492 g/mol. The Morgan fingerprint density at radius 3 is 2.06 bits per heavy atom. The maximum Gasteiger partial charge on any atom is 0.257 e. The third-order valence-corrected chi connectivity index (χ3v) is 6.23. The zero-order valence-corrected chi connectivity index (χ0v) is 20.2. The third kappa shape index (κ3) is 5.30. The zero-order valence-electron chi connectivity index (χ0n) is 19.4. The summed E-state index contributed by atoms with van der Waals surface area (Å²) in [7, 11) is 3.14. The Labute approximate surface area is 208 Å². The predicted octanol–water partition coefficient (Wildman–Crippen LogP) is 4.37. The molecule has 35 heavy (non-hydrogen) atoms. The number of benzene rings is 3. The minimum absolute atomic E-state index is 0.0905. The molecule has 4 rings (SSSR count). The zero-order chi connectivity index (χ0) is 24.9. The summed E-state index contributed by atoms with van der Waals surface area (Å²) in [6.07, 6.45) is 0.413. The van der Waals surface area contributed by atoms with E-state index in [0.29, 0.717) is 28.4 Å². The van der Waals surface area contributed by atoms with E-state index in [1.54, 1.807) is 62.8 Å². The first kappa shape index (κ1) is 24.3. The number of nitrogens with zero attached hydrogens (tertiary/aromatic N) is 2. The van der Waals surface area contributed by atoms with E-state index in [0.717, 1.165) is 16.2 Å². The third-order valence-electron chi connectivity index (χ3n) is 5.98. The topological polar surface area (TPSA) is 76.2 Å².